The summed E-state index contributed by atoms with van der Waals surface area (Å²) < 4.78 is 27.2. The van der Waals surface area contributed by atoms with E-state index in [0.717, 1.165) is 12.1 Å². The van der Waals surface area contributed by atoms with E-state index in [0.29, 0.717) is 31.7 Å². The number of rotatable bonds is 9. The summed E-state index contributed by atoms with van der Waals surface area (Å²) in [6, 6.07) is 0. The lowest BCUT2D eigenvalue weighted by molar-refractivity contribution is 0.332. The summed E-state index contributed by atoms with van der Waals surface area (Å²) in [6.07, 6.45) is 0.775. The van der Waals surface area contributed by atoms with Crippen LogP contribution in [-0.4, -0.2) is 68.6 Å². The molecular formula is C13H27N5O2S. The summed E-state index contributed by atoms with van der Waals surface area (Å²) in [4.78, 5) is 1.97. The molecule has 8 heteroatoms. The number of hydrogen-bond acceptors (Lipinski definition) is 5. The molecule has 0 aromatic carbocycles. The third-order valence-electron chi connectivity index (χ3n) is 3.24. The van der Waals surface area contributed by atoms with Gasteiger partial charge in [0.15, 0.2) is 5.03 Å². The minimum absolute atomic E-state index is 0.140. The first-order valence-electron chi connectivity index (χ1n) is 7.17. The summed E-state index contributed by atoms with van der Waals surface area (Å²) in [5, 5.41) is 9.95. The number of nitrogens with one attached hydrogen (secondary N) is 2. The maximum Gasteiger partial charge on any atom is 0.262 e. The summed E-state index contributed by atoms with van der Waals surface area (Å²) in [5.41, 5.74) is 1.50. The average molecular weight is 317 g/mol. The molecule has 1 aromatic rings. The SMILES string of the molecule is CCCN(CCN(C)C)S(=O)(=O)c1n[nH]c(C)c1CNC. The minimum Gasteiger partial charge on any atom is -0.316 e. The summed E-state index contributed by atoms with van der Waals surface area (Å²) in [6.45, 7) is 5.94. The molecule has 0 bridgehead atoms. The molecule has 122 valence electrons. The van der Waals surface area contributed by atoms with Gasteiger partial charge in [-0.3, -0.25) is 5.10 Å². The molecule has 1 heterocycles. The minimum atomic E-state index is -3.57. The molecule has 1 aromatic heterocycles. The van der Waals surface area contributed by atoms with Crippen molar-refractivity contribution in [2.75, 3.05) is 40.8 Å². The third kappa shape index (κ3) is 4.50. The highest BCUT2D eigenvalue weighted by Gasteiger charge is 2.29. The molecule has 0 unspecified atom stereocenters. The van der Waals surface area contributed by atoms with Crippen LogP contribution >= 0.6 is 0 Å². The zero-order valence-corrected chi connectivity index (χ0v) is 14.4. The van der Waals surface area contributed by atoms with Gasteiger partial charge in [0.25, 0.3) is 10.0 Å². The Labute approximate surface area is 127 Å². The Hall–Kier alpha value is -0.960. The Morgan fingerprint density at radius 1 is 1.24 bits per heavy atom. The van der Waals surface area contributed by atoms with Crippen LogP contribution in [0.1, 0.15) is 24.6 Å². The lowest BCUT2D eigenvalue weighted by Gasteiger charge is -2.22. The van der Waals surface area contributed by atoms with Gasteiger partial charge in [-0.15, -0.1) is 0 Å². The smallest absolute Gasteiger partial charge is 0.262 e. The van der Waals surface area contributed by atoms with Crippen LogP contribution in [0.15, 0.2) is 5.03 Å². The standard InChI is InChI=1S/C13H27N5O2S/c1-6-7-18(9-8-17(4)5)21(19,20)13-12(10-14-3)11(2)15-16-13/h14H,6-10H2,1-5H3,(H,15,16). The van der Waals surface area contributed by atoms with Crippen LogP contribution in [0.2, 0.25) is 0 Å². The second kappa shape index (κ2) is 7.88. The van der Waals surface area contributed by atoms with Gasteiger partial charge in [0.2, 0.25) is 0 Å². The van der Waals surface area contributed by atoms with Crippen molar-refractivity contribution < 1.29 is 8.42 Å². The molecule has 0 saturated carbocycles. The van der Waals surface area contributed by atoms with Gasteiger partial charge < -0.3 is 10.2 Å². The van der Waals surface area contributed by atoms with Gasteiger partial charge >= 0.3 is 0 Å². The first kappa shape index (κ1) is 18.1. The number of aryl methyl sites for hydroxylation is 1. The van der Waals surface area contributed by atoms with Crippen LogP contribution < -0.4 is 5.32 Å². The zero-order chi connectivity index (χ0) is 16.0. The Morgan fingerprint density at radius 3 is 2.43 bits per heavy atom. The number of aromatic nitrogens is 2. The number of H-pyrrole nitrogens is 1. The van der Waals surface area contributed by atoms with Crippen molar-refractivity contribution >= 4 is 10.0 Å². The molecule has 0 saturated heterocycles. The first-order valence-corrected chi connectivity index (χ1v) is 8.61. The second-order valence-electron chi connectivity index (χ2n) is 5.37. The van der Waals surface area contributed by atoms with Gasteiger partial charge in [0.1, 0.15) is 0 Å². The Morgan fingerprint density at radius 2 is 1.90 bits per heavy atom. The first-order chi connectivity index (χ1) is 9.84. The number of nitrogens with zero attached hydrogens (tertiary/aromatic N) is 3. The number of likely N-dealkylation sites (N-methyl/N-ethyl adjacent to an activating group) is 1. The van der Waals surface area contributed by atoms with Crippen molar-refractivity contribution in [3.63, 3.8) is 0 Å². The van der Waals surface area contributed by atoms with E-state index in [1.54, 1.807) is 7.05 Å². The highest BCUT2D eigenvalue weighted by Crippen LogP contribution is 2.20. The molecule has 1 rings (SSSR count). The quantitative estimate of drug-likeness (QED) is 0.689. The fourth-order valence-electron chi connectivity index (χ4n) is 2.06. The topological polar surface area (TPSA) is 81.3 Å². The Kier molecular flexibility index (Phi) is 6.79. The molecule has 0 radical (unpaired) electrons. The van der Waals surface area contributed by atoms with E-state index in [1.165, 1.54) is 4.31 Å². The Balaban J connectivity index is 3.10. The van der Waals surface area contributed by atoms with E-state index < -0.39 is 10.0 Å². The lowest BCUT2D eigenvalue weighted by atomic mass is 10.3. The maximum atomic E-state index is 12.8. The predicted octanol–water partition coefficient (Wildman–Crippen LogP) is 0.400. The molecule has 0 aliphatic carbocycles. The molecule has 0 fully saturated rings. The maximum absolute atomic E-state index is 12.8. The highest BCUT2D eigenvalue weighted by molar-refractivity contribution is 7.89. The lowest BCUT2D eigenvalue weighted by Crippen LogP contribution is -2.37. The van der Waals surface area contributed by atoms with Crippen molar-refractivity contribution in [3.8, 4) is 0 Å². The van der Waals surface area contributed by atoms with Gasteiger partial charge in [-0.05, 0) is 34.5 Å². The Bertz CT molecular complexity index is 539. The number of sulfonamides is 1. The number of hydrogen-bond donors (Lipinski definition) is 2. The van der Waals surface area contributed by atoms with Crippen LogP contribution in [0.4, 0.5) is 0 Å². The molecule has 0 atom stereocenters. The zero-order valence-electron chi connectivity index (χ0n) is 13.6. The second-order valence-corrected chi connectivity index (χ2v) is 7.22. The normalized spacial score (nSPS) is 12.5. The van der Waals surface area contributed by atoms with E-state index in [1.807, 2.05) is 32.8 Å². The van der Waals surface area contributed by atoms with Crippen LogP contribution in [0.5, 0.6) is 0 Å². The van der Waals surface area contributed by atoms with Crippen molar-refractivity contribution in [3.05, 3.63) is 11.3 Å². The average Bonchev–Trinajstić information content (AvgIpc) is 2.77. The third-order valence-corrected chi connectivity index (χ3v) is 5.11. The van der Waals surface area contributed by atoms with E-state index in [4.69, 9.17) is 0 Å². The molecule has 0 aliphatic heterocycles. The molecule has 0 aliphatic rings. The fraction of sp³-hybridized carbons (Fsp3) is 0.769. The van der Waals surface area contributed by atoms with Crippen LogP contribution in [-0.2, 0) is 16.6 Å². The van der Waals surface area contributed by atoms with E-state index in [9.17, 15) is 8.42 Å². The summed E-state index contributed by atoms with van der Waals surface area (Å²) in [7, 11) is 2.09. The molecule has 2 N–H and O–H groups in total. The fourth-order valence-corrected chi connectivity index (χ4v) is 3.75. The van der Waals surface area contributed by atoms with Crippen molar-refractivity contribution in [2.24, 2.45) is 0 Å². The van der Waals surface area contributed by atoms with Crippen molar-refractivity contribution in [2.45, 2.75) is 31.8 Å². The van der Waals surface area contributed by atoms with E-state index in [2.05, 4.69) is 15.5 Å². The molecular weight excluding hydrogens is 290 g/mol. The van der Waals surface area contributed by atoms with Gasteiger partial charge in [0, 0.05) is 37.4 Å². The summed E-state index contributed by atoms with van der Waals surface area (Å²) >= 11 is 0. The van der Waals surface area contributed by atoms with E-state index >= 15 is 0 Å². The molecule has 0 amide bonds. The van der Waals surface area contributed by atoms with E-state index in [-0.39, 0.29) is 5.03 Å². The van der Waals surface area contributed by atoms with Crippen molar-refractivity contribution in [1.29, 1.82) is 0 Å². The largest absolute Gasteiger partial charge is 0.316 e. The summed E-state index contributed by atoms with van der Waals surface area (Å²) in [5.74, 6) is 0. The van der Waals surface area contributed by atoms with Gasteiger partial charge in [-0.2, -0.15) is 9.40 Å². The van der Waals surface area contributed by atoms with Crippen LogP contribution in [0, 0.1) is 6.92 Å². The highest BCUT2D eigenvalue weighted by atomic mass is 32.2. The van der Waals surface area contributed by atoms with Crippen LogP contribution in [0.25, 0.3) is 0 Å². The molecule has 21 heavy (non-hydrogen) atoms. The monoisotopic (exact) mass is 317 g/mol. The van der Waals surface area contributed by atoms with Gasteiger partial charge in [-0.1, -0.05) is 6.92 Å². The molecule has 0 spiro atoms. The van der Waals surface area contributed by atoms with Gasteiger partial charge in [0.05, 0.1) is 0 Å². The van der Waals surface area contributed by atoms with Crippen LogP contribution in [0.3, 0.4) is 0 Å². The number of aromatic amines is 1. The van der Waals surface area contributed by atoms with Crippen molar-refractivity contribution in [1.82, 2.24) is 24.7 Å². The molecule has 7 nitrogen and oxygen atoms in total. The predicted molar refractivity (Wildman–Crippen MR) is 83.7 cm³/mol. The van der Waals surface area contributed by atoms with Gasteiger partial charge in [-0.25, -0.2) is 8.42 Å².